The molecule has 3 aliphatic rings. The smallest absolute Gasteiger partial charge is 0.226 e. The topological polar surface area (TPSA) is 74.5 Å². The highest BCUT2D eigenvalue weighted by atomic mass is 16.3. The molecule has 4 atom stereocenters. The standard InChI is InChI=1S/C19H25N5O2/c1-22(2)19(26)17-11-23-7-6-13(17)8-15(23)10-24-12-18(20-21-24)14-4-3-5-16(25)9-14/h3-5,9,12-13,15,17,25H,6-8,10-11H2,1-2H3/t13-,15+,17+/m0/s1. The number of hydrogen-bond acceptors (Lipinski definition) is 5. The third kappa shape index (κ3) is 3.19. The molecule has 1 aromatic carbocycles. The largest absolute Gasteiger partial charge is 0.508 e. The number of carbonyl (C=O) groups is 1. The number of amides is 1. The minimum absolute atomic E-state index is 0.133. The monoisotopic (exact) mass is 355 g/mol. The Hall–Kier alpha value is -2.41. The lowest BCUT2D eigenvalue weighted by Gasteiger charge is -2.49. The van der Waals surface area contributed by atoms with Gasteiger partial charge in [0.05, 0.1) is 18.7 Å². The van der Waals surface area contributed by atoms with Gasteiger partial charge in [0.2, 0.25) is 5.91 Å². The third-order valence-corrected chi connectivity index (χ3v) is 5.71. The summed E-state index contributed by atoms with van der Waals surface area (Å²) in [6, 6.07) is 7.46. The van der Waals surface area contributed by atoms with Crippen molar-refractivity contribution in [1.82, 2.24) is 24.8 Å². The fourth-order valence-electron chi connectivity index (χ4n) is 4.34. The van der Waals surface area contributed by atoms with Crippen LogP contribution in [0.2, 0.25) is 0 Å². The zero-order valence-electron chi connectivity index (χ0n) is 15.2. The van der Waals surface area contributed by atoms with E-state index in [0.717, 1.165) is 43.7 Å². The summed E-state index contributed by atoms with van der Waals surface area (Å²) in [5.74, 6) is 1.08. The lowest BCUT2D eigenvalue weighted by Crippen LogP contribution is -2.57. The molecule has 7 heteroatoms. The summed E-state index contributed by atoms with van der Waals surface area (Å²) in [5, 5.41) is 18.1. The van der Waals surface area contributed by atoms with Gasteiger partial charge in [0.15, 0.2) is 0 Å². The number of aromatic nitrogens is 3. The minimum Gasteiger partial charge on any atom is -0.508 e. The molecular weight excluding hydrogens is 330 g/mol. The molecule has 1 unspecified atom stereocenters. The summed E-state index contributed by atoms with van der Waals surface area (Å²) in [5.41, 5.74) is 1.62. The number of carbonyl (C=O) groups excluding carboxylic acids is 1. The predicted octanol–water partition coefficient (Wildman–Crippen LogP) is 1.45. The second-order valence-electron chi connectivity index (χ2n) is 7.65. The molecule has 138 valence electrons. The number of hydrogen-bond donors (Lipinski definition) is 1. The lowest BCUT2D eigenvalue weighted by atomic mass is 9.75. The van der Waals surface area contributed by atoms with E-state index in [2.05, 4.69) is 15.2 Å². The highest BCUT2D eigenvalue weighted by Crippen LogP contribution is 2.37. The lowest BCUT2D eigenvalue weighted by molar-refractivity contribution is -0.141. The quantitative estimate of drug-likeness (QED) is 0.898. The third-order valence-electron chi connectivity index (χ3n) is 5.71. The second kappa shape index (κ2) is 6.72. The molecule has 7 nitrogen and oxygen atoms in total. The predicted molar refractivity (Wildman–Crippen MR) is 97.4 cm³/mol. The Bertz CT molecular complexity index is 803. The molecule has 4 heterocycles. The van der Waals surface area contributed by atoms with E-state index in [1.807, 2.05) is 31.0 Å². The molecule has 1 aromatic heterocycles. The number of aromatic hydroxyl groups is 1. The van der Waals surface area contributed by atoms with Crippen LogP contribution < -0.4 is 0 Å². The van der Waals surface area contributed by atoms with E-state index in [0.29, 0.717) is 12.0 Å². The molecule has 26 heavy (non-hydrogen) atoms. The zero-order chi connectivity index (χ0) is 18.3. The van der Waals surface area contributed by atoms with Crippen LogP contribution >= 0.6 is 0 Å². The van der Waals surface area contributed by atoms with Crippen molar-refractivity contribution < 1.29 is 9.90 Å². The van der Waals surface area contributed by atoms with Crippen LogP contribution in [0.25, 0.3) is 11.3 Å². The number of piperidine rings is 3. The average Bonchev–Trinajstić information content (AvgIpc) is 3.10. The first-order valence-electron chi connectivity index (χ1n) is 9.16. The SMILES string of the molecule is CN(C)C(=O)[C@@H]1CN2CC[C@H]1C[C@@H]2Cn1cc(-c2cccc(O)c2)nn1. The maximum atomic E-state index is 12.4. The normalized spacial score (nSPS) is 27.5. The summed E-state index contributed by atoms with van der Waals surface area (Å²) >= 11 is 0. The number of rotatable bonds is 4. The van der Waals surface area contributed by atoms with Gasteiger partial charge in [-0.05, 0) is 37.4 Å². The Labute approximate surface area is 153 Å². The Kier molecular flexibility index (Phi) is 4.40. The molecule has 0 spiro atoms. The summed E-state index contributed by atoms with van der Waals surface area (Å²) in [7, 11) is 3.69. The van der Waals surface area contributed by atoms with E-state index < -0.39 is 0 Å². The first-order valence-corrected chi connectivity index (χ1v) is 9.16. The van der Waals surface area contributed by atoms with Gasteiger partial charge in [0.25, 0.3) is 0 Å². The van der Waals surface area contributed by atoms with Gasteiger partial charge in [0.1, 0.15) is 11.4 Å². The number of nitrogens with zero attached hydrogens (tertiary/aromatic N) is 5. The van der Waals surface area contributed by atoms with Gasteiger partial charge < -0.3 is 10.0 Å². The fraction of sp³-hybridized carbons (Fsp3) is 0.526. The molecule has 3 aliphatic heterocycles. The Morgan fingerprint density at radius 3 is 2.92 bits per heavy atom. The number of phenols is 1. The van der Waals surface area contributed by atoms with Crippen molar-refractivity contribution in [3.8, 4) is 17.0 Å². The van der Waals surface area contributed by atoms with Crippen molar-refractivity contribution in [2.24, 2.45) is 11.8 Å². The Balaban J connectivity index is 1.44. The first-order chi connectivity index (χ1) is 12.5. The van der Waals surface area contributed by atoms with Crippen molar-refractivity contribution in [2.45, 2.75) is 25.4 Å². The van der Waals surface area contributed by atoms with Gasteiger partial charge >= 0.3 is 0 Å². The summed E-state index contributed by atoms with van der Waals surface area (Å²) in [4.78, 5) is 16.5. The minimum atomic E-state index is 0.133. The molecule has 0 radical (unpaired) electrons. The van der Waals surface area contributed by atoms with Crippen molar-refractivity contribution in [2.75, 3.05) is 27.2 Å². The van der Waals surface area contributed by atoms with Gasteiger partial charge in [0, 0.05) is 32.2 Å². The van der Waals surface area contributed by atoms with E-state index in [9.17, 15) is 9.90 Å². The van der Waals surface area contributed by atoms with Crippen LogP contribution in [0.1, 0.15) is 12.8 Å². The van der Waals surface area contributed by atoms with Crippen LogP contribution in [0.15, 0.2) is 30.5 Å². The number of benzene rings is 1. The summed E-state index contributed by atoms with van der Waals surface area (Å²) in [6.45, 7) is 2.69. The molecule has 1 amide bonds. The Morgan fingerprint density at radius 2 is 2.23 bits per heavy atom. The molecule has 3 fully saturated rings. The maximum Gasteiger partial charge on any atom is 0.226 e. The van der Waals surface area contributed by atoms with Crippen molar-refractivity contribution in [1.29, 1.82) is 0 Å². The zero-order valence-corrected chi connectivity index (χ0v) is 15.2. The van der Waals surface area contributed by atoms with E-state index in [-0.39, 0.29) is 17.6 Å². The van der Waals surface area contributed by atoms with Gasteiger partial charge in [-0.3, -0.25) is 14.4 Å². The van der Waals surface area contributed by atoms with Crippen LogP contribution in [0.3, 0.4) is 0 Å². The van der Waals surface area contributed by atoms with Crippen molar-refractivity contribution >= 4 is 5.91 Å². The number of fused-ring (bicyclic) bond motifs is 3. The molecular formula is C19H25N5O2. The summed E-state index contributed by atoms with van der Waals surface area (Å²) in [6.07, 6.45) is 4.07. The summed E-state index contributed by atoms with van der Waals surface area (Å²) < 4.78 is 1.88. The van der Waals surface area contributed by atoms with Crippen LogP contribution in [0, 0.1) is 11.8 Å². The molecule has 2 bridgehead atoms. The van der Waals surface area contributed by atoms with Crippen LogP contribution in [-0.4, -0.2) is 69.0 Å². The van der Waals surface area contributed by atoms with Gasteiger partial charge in [-0.2, -0.15) is 0 Å². The van der Waals surface area contributed by atoms with Gasteiger partial charge in [-0.1, -0.05) is 17.3 Å². The molecule has 0 saturated carbocycles. The van der Waals surface area contributed by atoms with E-state index >= 15 is 0 Å². The first kappa shape index (κ1) is 17.0. The molecule has 3 saturated heterocycles. The fourth-order valence-corrected chi connectivity index (χ4v) is 4.34. The van der Waals surface area contributed by atoms with Crippen LogP contribution in [0.4, 0.5) is 0 Å². The van der Waals surface area contributed by atoms with Gasteiger partial charge in [-0.15, -0.1) is 5.10 Å². The van der Waals surface area contributed by atoms with Crippen molar-refractivity contribution in [3.05, 3.63) is 30.5 Å². The van der Waals surface area contributed by atoms with Crippen molar-refractivity contribution in [3.63, 3.8) is 0 Å². The molecule has 2 aromatic rings. The van der Waals surface area contributed by atoms with Gasteiger partial charge in [-0.25, -0.2) is 0 Å². The average molecular weight is 355 g/mol. The number of phenolic OH excluding ortho intramolecular Hbond substituents is 1. The molecule has 1 N–H and O–H groups in total. The Morgan fingerprint density at radius 1 is 1.38 bits per heavy atom. The van der Waals surface area contributed by atoms with E-state index in [1.165, 1.54) is 0 Å². The molecule has 5 rings (SSSR count). The maximum absolute atomic E-state index is 12.4. The van der Waals surface area contributed by atoms with Crippen LogP contribution in [-0.2, 0) is 11.3 Å². The van der Waals surface area contributed by atoms with E-state index in [1.54, 1.807) is 23.1 Å². The highest BCUT2D eigenvalue weighted by molar-refractivity contribution is 5.79. The van der Waals surface area contributed by atoms with Crippen LogP contribution in [0.5, 0.6) is 5.75 Å². The molecule has 0 aliphatic carbocycles. The highest BCUT2D eigenvalue weighted by Gasteiger charge is 2.43. The van der Waals surface area contributed by atoms with E-state index in [4.69, 9.17) is 0 Å². The second-order valence-corrected chi connectivity index (χ2v) is 7.65.